The van der Waals surface area contributed by atoms with E-state index < -0.39 is 11.9 Å². The van der Waals surface area contributed by atoms with Crippen molar-refractivity contribution in [2.75, 3.05) is 7.11 Å². The zero-order valence-corrected chi connectivity index (χ0v) is 9.30. The summed E-state index contributed by atoms with van der Waals surface area (Å²) in [6.07, 6.45) is 2.90. The number of carboxylic acid groups (broad SMARTS) is 1. The molecule has 0 aromatic carbocycles. The molecule has 1 atom stereocenters. The molecule has 2 N–H and O–H groups in total. The van der Waals surface area contributed by atoms with E-state index in [-0.39, 0.29) is 17.5 Å². The number of rotatable bonds is 2. The molecule has 2 aliphatic rings. The topological polar surface area (TPSA) is 91.2 Å². The monoisotopic (exact) mass is 237 g/mol. The molecule has 17 heavy (non-hydrogen) atoms. The molecule has 7 nitrogen and oxygen atoms in total. The first-order valence-corrected chi connectivity index (χ1v) is 4.93. The van der Waals surface area contributed by atoms with Crippen LogP contribution in [0.4, 0.5) is 0 Å². The van der Waals surface area contributed by atoms with E-state index in [1.807, 2.05) is 6.92 Å². The fourth-order valence-corrected chi connectivity index (χ4v) is 1.60. The van der Waals surface area contributed by atoms with Crippen LogP contribution in [0, 0.1) is 0 Å². The Kier molecular flexibility index (Phi) is 2.68. The molecule has 0 saturated heterocycles. The van der Waals surface area contributed by atoms with Gasteiger partial charge in [0.15, 0.2) is 5.71 Å². The van der Waals surface area contributed by atoms with Crippen molar-refractivity contribution >= 4 is 17.7 Å². The van der Waals surface area contributed by atoms with Gasteiger partial charge in [0.2, 0.25) is 0 Å². The first kappa shape index (κ1) is 11.3. The van der Waals surface area contributed by atoms with Crippen molar-refractivity contribution in [2.45, 2.75) is 13.0 Å². The van der Waals surface area contributed by atoms with Crippen molar-refractivity contribution in [3.63, 3.8) is 0 Å². The van der Waals surface area contributed by atoms with Crippen LogP contribution >= 0.6 is 0 Å². The van der Waals surface area contributed by atoms with E-state index in [0.717, 1.165) is 0 Å². The molecule has 0 aromatic heterocycles. The lowest BCUT2D eigenvalue weighted by molar-refractivity contribution is -0.134. The van der Waals surface area contributed by atoms with Crippen LogP contribution in [0.2, 0.25) is 0 Å². The first-order chi connectivity index (χ1) is 8.02. The predicted molar refractivity (Wildman–Crippen MR) is 57.7 cm³/mol. The van der Waals surface area contributed by atoms with E-state index in [0.29, 0.717) is 5.82 Å². The van der Waals surface area contributed by atoms with Gasteiger partial charge in [-0.05, 0) is 13.0 Å². The number of nitrogens with one attached hydrogen (secondary N) is 1. The Morgan fingerprint density at radius 2 is 2.29 bits per heavy atom. The lowest BCUT2D eigenvalue weighted by atomic mass is 10.2. The zero-order chi connectivity index (χ0) is 12.6. The molecule has 0 bridgehead atoms. The Labute approximate surface area is 97.0 Å². The average molecular weight is 237 g/mol. The summed E-state index contributed by atoms with van der Waals surface area (Å²) in [7, 11) is 1.22. The number of ether oxygens (including phenoxy) is 1. The van der Waals surface area contributed by atoms with Crippen molar-refractivity contribution < 1.29 is 19.4 Å². The molecule has 2 rings (SSSR count). The molecule has 2 aliphatic heterocycles. The highest BCUT2D eigenvalue weighted by molar-refractivity contribution is 6.42. The van der Waals surface area contributed by atoms with Gasteiger partial charge in [-0.1, -0.05) is 0 Å². The smallest absolute Gasteiger partial charge is 0.356 e. The normalized spacial score (nSPS) is 22.4. The van der Waals surface area contributed by atoms with Crippen molar-refractivity contribution in [3.05, 3.63) is 23.7 Å². The van der Waals surface area contributed by atoms with Crippen LogP contribution in [0.15, 0.2) is 28.7 Å². The summed E-state index contributed by atoms with van der Waals surface area (Å²) in [5.74, 6) is -1.42. The largest absolute Gasteiger partial charge is 0.477 e. The maximum atomic E-state index is 11.3. The fourth-order valence-electron chi connectivity index (χ4n) is 1.60. The van der Waals surface area contributed by atoms with E-state index in [1.165, 1.54) is 18.2 Å². The second kappa shape index (κ2) is 4.02. The van der Waals surface area contributed by atoms with E-state index >= 15 is 0 Å². The third-order valence-corrected chi connectivity index (χ3v) is 2.32. The molecule has 0 radical (unpaired) electrons. The summed E-state index contributed by atoms with van der Waals surface area (Å²) >= 11 is 0. The van der Waals surface area contributed by atoms with E-state index in [2.05, 4.69) is 15.2 Å². The van der Waals surface area contributed by atoms with Gasteiger partial charge >= 0.3 is 11.9 Å². The van der Waals surface area contributed by atoms with Gasteiger partial charge < -0.3 is 9.84 Å². The third-order valence-electron chi connectivity index (χ3n) is 2.32. The van der Waals surface area contributed by atoms with Crippen LogP contribution in [0.5, 0.6) is 0 Å². The zero-order valence-electron chi connectivity index (χ0n) is 9.30. The van der Waals surface area contributed by atoms with Gasteiger partial charge in [-0.2, -0.15) is 0 Å². The van der Waals surface area contributed by atoms with Crippen LogP contribution in [0.25, 0.3) is 0 Å². The molecule has 0 amide bonds. The third kappa shape index (κ3) is 1.92. The van der Waals surface area contributed by atoms with Crippen LogP contribution in [0.3, 0.4) is 0 Å². The van der Waals surface area contributed by atoms with Crippen molar-refractivity contribution in [3.8, 4) is 0 Å². The standard InChI is InChI=1S/C10H11N3O4/c1-5-3-8-11-6(10(16)17-2)4-7(9(14)15)13(8)12-5/h3-5,12H,1-2H3,(H,14,15). The Hall–Kier alpha value is -2.15. The van der Waals surface area contributed by atoms with Crippen LogP contribution in [-0.2, 0) is 14.3 Å². The number of nitrogens with zero attached hydrogens (tertiary/aromatic N) is 2. The van der Waals surface area contributed by atoms with Gasteiger partial charge in [-0.3, -0.25) is 5.01 Å². The molecule has 2 heterocycles. The number of hydrogen-bond donors (Lipinski definition) is 2. The quantitative estimate of drug-likeness (QED) is 0.637. The highest BCUT2D eigenvalue weighted by Crippen LogP contribution is 2.23. The van der Waals surface area contributed by atoms with Gasteiger partial charge in [0.1, 0.15) is 11.5 Å². The Bertz CT molecular complexity index is 478. The van der Waals surface area contributed by atoms with Crippen LogP contribution in [-0.4, -0.2) is 40.9 Å². The van der Waals surface area contributed by atoms with E-state index in [4.69, 9.17) is 5.11 Å². The van der Waals surface area contributed by atoms with Gasteiger partial charge in [0.05, 0.1) is 7.11 Å². The number of methoxy groups -OCH3 is 1. The minimum absolute atomic E-state index is 0.0247. The van der Waals surface area contributed by atoms with E-state index in [1.54, 1.807) is 6.08 Å². The minimum Gasteiger partial charge on any atom is -0.477 e. The van der Waals surface area contributed by atoms with Crippen LogP contribution < -0.4 is 5.43 Å². The van der Waals surface area contributed by atoms with Crippen molar-refractivity contribution in [1.82, 2.24) is 10.4 Å². The Morgan fingerprint density at radius 1 is 1.59 bits per heavy atom. The van der Waals surface area contributed by atoms with Gasteiger partial charge in [0, 0.05) is 12.1 Å². The maximum absolute atomic E-state index is 11.3. The first-order valence-electron chi connectivity index (χ1n) is 4.93. The number of carbonyl (C=O) groups excluding carboxylic acids is 1. The van der Waals surface area contributed by atoms with E-state index in [9.17, 15) is 9.59 Å². The Balaban J connectivity index is 2.43. The maximum Gasteiger partial charge on any atom is 0.356 e. The van der Waals surface area contributed by atoms with Gasteiger partial charge in [-0.25, -0.2) is 20.0 Å². The Morgan fingerprint density at radius 3 is 2.88 bits per heavy atom. The highest BCUT2D eigenvalue weighted by atomic mass is 16.5. The molecule has 0 spiro atoms. The molecule has 0 saturated carbocycles. The summed E-state index contributed by atoms with van der Waals surface area (Å²) in [6, 6.07) is -0.0477. The fraction of sp³-hybridized carbons (Fsp3) is 0.300. The molecule has 7 heteroatoms. The lowest BCUT2D eigenvalue weighted by Gasteiger charge is -2.24. The number of esters is 1. The van der Waals surface area contributed by atoms with Gasteiger partial charge in [-0.15, -0.1) is 0 Å². The summed E-state index contributed by atoms with van der Waals surface area (Å²) in [4.78, 5) is 26.4. The molecule has 90 valence electrons. The number of carboxylic acids is 1. The number of carbonyl (C=O) groups is 2. The molecule has 0 fully saturated rings. The molecule has 0 aliphatic carbocycles. The number of aliphatic imine (C=N–C) groups is 1. The number of fused-ring (bicyclic) bond motifs is 1. The molecular weight excluding hydrogens is 226 g/mol. The second-order valence-corrected chi connectivity index (χ2v) is 3.60. The summed E-state index contributed by atoms with van der Waals surface area (Å²) in [5, 5.41) is 10.4. The SMILES string of the molecule is COC(=O)C1=NC2=CC(C)NN2C(C(=O)O)=C1. The predicted octanol–water partition coefficient (Wildman–Crippen LogP) is -0.367. The number of hydrazine groups is 1. The number of aliphatic carboxylic acids is 1. The van der Waals surface area contributed by atoms with Gasteiger partial charge in [0.25, 0.3) is 0 Å². The average Bonchev–Trinajstić information content (AvgIpc) is 2.66. The summed E-state index contributed by atoms with van der Waals surface area (Å²) in [5.41, 5.74) is 2.81. The summed E-state index contributed by atoms with van der Waals surface area (Å²) in [6.45, 7) is 1.85. The van der Waals surface area contributed by atoms with Crippen molar-refractivity contribution in [1.29, 1.82) is 0 Å². The second-order valence-electron chi connectivity index (χ2n) is 3.60. The molecule has 0 aromatic rings. The lowest BCUT2D eigenvalue weighted by Crippen LogP contribution is -2.40. The molecular formula is C10H11N3O4. The highest BCUT2D eigenvalue weighted by Gasteiger charge is 2.32. The minimum atomic E-state index is -1.14. The summed E-state index contributed by atoms with van der Waals surface area (Å²) < 4.78 is 4.52. The molecule has 1 unspecified atom stereocenters. The van der Waals surface area contributed by atoms with Crippen molar-refractivity contribution in [2.24, 2.45) is 4.99 Å². The van der Waals surface area contributed by atoms with Crippen LogP contribution in [0.1, 0.15) is 6.92 Å². The number of hydrogen-bond acceptors (Lipinski definition) is 6.